The first-order valence-corrected chi connectivity index (χ1v) is 8.10. The highest BCUT2D eigenvalue weighted by atomic mass is 32.2. The van der Waals surface area contributed by atoms with Crippen LogP contribution in [0, 0.1) is 18.3 Å². The van der Waals surface area contributed by atoms with E-state index in [4.69, 9.17) is 0 Å². The molecule has 0 fully saturated rings. The van der Waals surface area contributed by atoms with Crippen LogP contribution in [0.25, 0.3) is 0 Å². The molecule has 2 aromatic rings. The number of carbonyl (C=O) groups excluding carboxylic acids is 1. The maximum absolute atomic E-state index is 12.4. The molecule has 0 unspecified atom stereocenters. The molecule has 0 aliphatic heterocycles. The van der Waals surface area contributed by atoms with Crippen LogP contribution >= 0.6 is 0 Å². The van der Waals surface area contributed by atoms with Crippen LogP contribution in [-0.4, -0.2) is 30.2 Å². The zero-order valence-electron chi connectivity index (χ0n) is 12.2. The number of hydrogen-bond acceptors (Lipinski definition) is 5. The van der Waals surface area contributed by atoms with Crippen molar-refractivity contribution in [1.82, 2.24) is 9.78 Å². The van der Waals surface area contributed by atoms with E-state index in [1.165, 1.54) is 32.3 Å². The standard InChI is InChI=1S/C14H13N3O4S/c1-8-9(13(18)11-7-16-17(2)14(11)19)4-5-12(10(8)6-15)22(3,20)21/h4-5,7,16H,1-3H3. The van der Waals surface area contributed by atoms with Crippen molar-refractivity contribution in [1.29, 1.82) is 5.26 Å². The van der Waals surface area contributed by atoms with Gasteiger partial charge in [0.2, 0.25) is 0 Å². The number of nitrogens with one attached hydrogen (secondary N) is 1. The molecule has 0 amide bonds. The van der Waals surface area contributed by atoms with E-state index in [1.807, 2.05) is 6.07 Å². The molecule has 22 heavy (non-hydrogen) atoms. The Morgan fingerprint density at radius 2 is 1.95 bits per heavy atom. The molecule has 0 aliphatic rings. The largest absolute Gasteiger partial charge is 0.302 e. The molecular formula is C14H13N3O4S. The van der Waals surface area contributed by atoms with Gasteiger partial charge in [-0.2, -0.15) is 5.26 Å². The van der Waals surface area contributed by atoms with Gasteiger partial charge in [-0.1, -0.05) is 0 Å². The molecule has 1 heterocycles. The Morgan fingerprint density at radius 3 is 2.41 bits per heavy atom. The Kier molecular flexibility index (Phi) is 3.77. The summed E-state index contributed by atoms with van der Waals surface area (Å²) in [6, 6.07) is 4.35. The molecule has 0 spiro atoms. The van der Waals surface area contributed by atoms with Crippen LogP contribution < -0.4 is 5.56 Å². The van der Waals surface area contributed by atoms with Gasteiger partial charge in [0.15, 0.2) is 15.6 Å². The first-order chi connectivity index (χ1) is 10.2. The van der Waals surface area contributed by atoms with Gasteiger partial charge in [-0.15, -0.1) is 0 Å². The fourth-order valence-electron chi connectivity index (χ4n) is 2.15. The number of aromatic amines is 1. The van der Waals surface area contributed by atoms with Gasteiger partial charge >= 0.3 is 0 Å². The van der Waals surface area contributed by atoms with Crippen LogP contribution in [0.5, 0.6) is 0 Å². The summed E-state index contributed by atoms with van der Waals surface area (Å²) in [5.74, 6) is -0.559. The molecular weight excluding hydrogens is 306 g/mol. The number of nitriles is 1. The molecule has 2 rings (SSSR count). The first-order valence-electron chi connectivity index (χ1n) is 6.21. The summed E-state index contributed by atoms with van der Waals surface area (Å²) < 4.78 is 24.5. The predicted octanol–water partition coefficient (Wildman–Crippen LogP) is 0.528. The van der Waals surface area contributed by atoms with Crippen molar-refractivity contribution in [2.45, 2.75) is 11.8 Å². The zero-order valence-corrected chi connectivity index (χ0v) is 13.0. The van der Waals surface area contributed by atoms with E-state index in [0.717, 1.165) is 10.9 Å². The lowest BCUT2D eigenvalue weighted by atomic mass is 9.97. The molecule has 114 valence electrons. The maximum atomic E-state index is 12.4. The van der Waals surface area contributed by atoms with Crippen molar-refractivity contribution in [3.05, 3.63) is 50.9 Å². The molecule has 0 atom stereocenters. The van der Waals surface area contributed by atoms with E-state index in [-0.39, 0.29) is 27.1 Å². The lowest BCUT2D eigenvalue weighted by molar-refractivity contribution is 0.103. The molecule has 0 aliphatic carbocycles. The zero-order chi connectivity index (χ0) is 16.7. The van der Waals surface area contributed by atoms with E-state index in [0.29, 0.717) is 0 Å². The van der Waals surface area contributed by atoms with Gasteiger partial charge in [0.1, 0.15) is 11.6 Å². The second-order valence-corrected chi connectivity index (χ2v) is 6.86. The van der Waals surface area contributed by atoms with Gasteiger partial charge in [-0.3, -0.25) is 14.3 Å². The van der Waals surface area contributed by atoms with Crippen molar-refractivity contribution in [3.8, 4) is 6.07 Å². The summed E-state index contributed by atoms with van der Waals surface area (Å²) >= 11 is 0. The highest BCUT2D eigenvalue weighted by Gasteiger charge is 2.23. The Labute approximate surface area is 126 Å². The van der Waals surface area contributed by atoms with Crippen LogP contribution in [0.1, 0.15) is 27.0 Å². The highest BCUT2D eigenvalue weighted by molar-refractivity contribution is 7.90. The third-order valence-electron chi connectivity index (χ3n) is 3.36. The Balaban J connectivity index is 2.69. The van der Waals surface area contributed by atoms with Crippen LogP contribution in [0.3, 0.4) is 0 Å². The fraction of sp³-hybridized carbons (Fsp3) is 0.214. The quantitative estimate of drug-likeness (QED) is 0.829. The number of aromatic nitrogens is 2. The molecule has 1 aromatic heterocycles. The van der Waals surface area contributed by atoms with E-state index in [1.54, 1.807) is 0 Å². The van der Waals surface area contributed by atoms with Crippen molar-refractivity contribution in [2.75, 3.05) is 6.26 Å². The average molecular weight is 319 g/mol. The Hall–Kier alpha value is -2.66. The monoisotopic (exact) mass is 319 g/mol. The predicted molar refractivity (Wildman–Crippen MR) is 78.5 cm³/mol. The molecule has 8 heteroatoms. The van der Waals surface area contributed by atoms with Crippen LogP contribution in [0.2, 0.25) is 0 Å². The van der Waals surface area contributed by atoms with Gasteiger partial charge in [0.05, 0.1) is 10.5 Å². The molecule has 1 aromatic carbocycles. The summed E-state index contributed by atoms with van der Waals surface area (Å²) in [4.78, 5) is 24.1. The van der Waals surface area contributed by atoms with Crippen molar-refractivity contribution < 1.29 is 13.2 Å². The minimum Gasteiger partial charge on any atom is -0.302 e. The maximum Gasteiger partial charge on any atom is 0.277 e. The van der Waals surface area contributed by atoms with Crippen LogP contribution in [0.15, 0.2) is 28.0 Å². The molecule has 0 radical (unpaired) electrons. The Morgan fingerprint density at radius 1 is 1.32 bits per heavy atom. The van der Waals surface area contributed by atoms with E-state index >= 15 is 0 Å². The number of benzene rings is 1. The average Bonchev–Trinajstić information content (AvgIpc) is 2.77. The number of H-pyrrole nitrogens is 1. The molecule has 0 saturated carbocycles. The number of hydrogen-bond donors (Lipinski definition) is 1. The summed E-state index contributed by atoms with van der Waals surface area (Å²) in [5.41, 5.74) is -0.281. The van der Waals surface area contributed by atoms with E-state index < -0.39 is 21.2 Å². The summed E-state index contributed by atoms with van der Waals surface area (Å²) in [6.07, 6.45) is 2.27. The van der Waals surface area contributed by atoms with Crippen molar-refractivity contribution >= 4 is 15.6 Å². The smallest absolute Gasteiger partial charge is 0.277 e. The highest BCUT2D eigenvalue weighted by Crippen LogP contribution is 2.23. The molecule has 1 N–H and O–H groups in total. The van der Waals surface area contributed by atoms with Crippen molar-refractivity contribution in [2.24, 2.45) is 7.05 Å². The van der Waals surface area contributed by atoms with Crippen LogP contribution in [0.4, 0.5) is 0 Å². The third-order valence-corrected chi connectivity index (χ3v) is 4.50. The van der Waals surface area contributed by atoms with Gasteiger partial charge in [0, 0.05) is 25.1 Å². The normalized spacial score (nSPS) is 11.2. The van der Waals surface area contributed by atoms with Gasteiger partial charge in [-0.05, 0) is 24.6 Å². The summed E-state index contributed by atoms with van der Waals surface area (Å²) in [7, 11) is -2.11. The lowest BCUT2D eigenvalue weighted by Crippen LogP contribution is -2.20. The molecule has 7 nitrogen and oxygen atoms in total. The second-order valence-electron chi connectivity index (χ2n) is 4.88. The topological polar surface area (TPSA) is 113 Å². The lowest BCUT2D eigenvalue weighted by Gasteiger charge is -2.09. The molecule has 0 bridgehead atoms. The minimum absolute atomic E-state index is 0.0680. The number of nitrogens with zero attached hydrogens (tertiary/aromatic N) is 2. The number of rotatable bonds is 3. The fourth-order valence-corrected chi connectivity index (χ4v) is 3.04. The molecule has 0 saturated heterocycles. The first kappa shape index (κ1) is 15.7. The summed E-state index contributed by atoms with van der Waals surface area (Å²) in [6.45, 7) is 1.48. The van der Waals surface area contributed by atoms with E-state index in [2.05, 4.69) is 5.10 Å². The number of ketones is 1. The SMILES string of the molecule is Cc1c(C(=O)c2c[nH]n(C)c2=O)ccc(S(C)(=O)=O)c1C#N. The number of sulfone groups is 1. The van der Waals surface area contributed by atoms with E-state index in [9.17, 15) is 23.3 Å². The van der Waals surface area contributed by atoms with Crippen LogP contribution in [-0.2, 0) is 16.9 Å². The van der Waals surface area contributed by atoms with Gasteiger partial charge in [0.25, 0.3) is 5.56 Å². The van der Waals surface area contributed by atoms with Gasteiger partial charge < -0.3 is 5.10 Å². The number of carbonyl (C=O) groups is 1. The third kappa shape index (κ3) is 2.46. The summed E-state index contributed by atoms with van der Waals surface area (Å²) in [5, 5.41) is 11.8. The Bertz CT molecular complexity index is 974. The van der Waals surface area contributed by atoms with Crippen molar-refractivity contribution in [3.63, 3.8) is 0 Å². The second kappa shape index (κ2) is 5.27. The van der Waals surface area contributed by atoms with Gasteiger partial charge in [-0.25, -0.2) is 8.42 Å². The number of aryl methyl sites for hydroxylation is 1. The minimum atomic E-state index is -3.59.